The fraction of sp³-hybridized carbons (Fsp3) is 0.300. The first kappa shape index (κ1) is 16.6. The van der Waals surface area contributed by atoms with Crippen LogP contribution in [0.3, 0.4) is 0 Å². The van der Waals surface area contributed by atoms with Gasteiger partial charge in [0.25, 0.3) is 0 Å². The molecule has 5 heteroatoms. The van der Waals surface area contributed by atoms with Gasteiger partial charge in [-0.25, -0.2) is 0 Å². The van der Waals surface area contributed by atoms with E-state index >= 15 is 0 Å². The standard InChI is InChI=1S/C20H19Cl2NO2/c1-24-16-9-6-11(10-17(16)25-2)19-13-5-3-4-12(13)14-7-8-15(21)18(22)20(14)23-19/h3-4,6-10,12-13,19,23H,5H2,1-2H3/t12-,13+,19+/m1/s1. The first-order valence-corrected chi connectivity index (χ1v) is 9.02. The van der Waals surface area contributed by atoms with E-state index in [0.717, 1.165) is 29.2 Å². The van der Waals surface area contributed by atoms with Gasteiger partial charge in [-0.05, 0) is 41.7 Å². The van der Waals surface area contributed by atoms with Gasteiger partial charge in [0.15, 0.2) is 11.5 Å². The van der Waals surface area contributed by atoms with Crippen LogP contribution in [0.1, 0.15) is 29.5 Å². The molecule has 3 atom stereocenters. The first-order chi connectivity index (χ1) is 12.1. The molecule has 0 spiro atoms. The number of hydrogen-bond donors (Lipinski definition) is 1. The summed E-state index contributed by atoms with van der Waals surface area (Å²) >= 11 is 12.7. The van der Waals surface area contributed by atoms with Gasteiger partial charge in [0, 0.05) is 5.92 Å². The van der Waals surface area contributed by atoms with Crippen LogP contribution < -0.4 is 14.8 Å². The van der Waals surface area contributed by atoms with Gasteiger partial charge in [0.05, 0.1) is 36.0 Å². The predicted molar refractivity (Wildman–Crippen MR) is 102 cm³/mol. The zero-order valence-electron chi connectivity index (χ0n) is 14.1. The molecular weight excluding hydrogens is 357 g/mol. The Balaban J connectivity index is 1.80. The second-order valence-corrected chi connectivity index (χ2v) is 7.20. The van der Waals surface area contributed by atoms with Gasteiger partial charge >= 0.3 is 0 Å². The second kappa shape index (κ2) is 6.47. The molecule has 0 unspecified atom stereocenters. The zero-order valence-corrected chi connectivity index (χ0v) is 15.6. The Labute approximate surface area is 157 Å². The van der Waals surface area contributed by atoms with E-state index in [0.29, 0.717) is 21.9 Å². The molecule has 0 saturated carbocycles. The maximum absolute atomic E-state index is 6.50. The van der Waals surface area contributed by atoms with Crippen LogP contribution in [-0.4, -0.2) is 14.2 Å². The van der Waals surface area contributed by atoms with Gasteiger partial charge in [-0.15, -0.1) is 0 Å². The predicted octanol–water partition coefficient (Wildman–Crippen LogP) is 5.84. The van der Waals surface area contributed by atoms with Crippen molar-refractivity contribution < 1.29 is 9.47 Å². The molecule has 1 N–H and O–H groups in total. The van der Waals surface area contributed by atoms with Crippen LogP contribution >= 0.6 is 23.2 Å². The molecular formula is C20H19Cl2NO2. The highest BCUT2D eigenvalue weighted by atomic mass is 35.5. The van der Waals surface area contributed by atoms with Crippen molar-refractivity contribution in [2.75, 3.05) is 19.5 Å². The van der Waals surface area contributed by atoms with Crippen molar-refractivity contribution in [2.45, 2.75) is 18.4 Å². The summed E-state index contributed by atoms with van der Waals surface area (Å²) in [5, 5.41) is 4.79. The smallest absolute Gasteiger partial charge is 0.161 e. The SMILES string of the molecule is COc1ccc([C@@H]2Nc3c(ccc(Cl)c3Cl)[C@@H]3C=CC[C@@H]32)cc1OC. The Morgan fingerprint density at radius 3 is 2.60 bits per heavy atom. The minimum atomic E-state index is 0.128. The molecule has 25 heavy (non-hydrogen) atoms. The van der Waals surface area contributed by atoms with Crippen molar-refractivity contribution >= 4 is 28.9 Å². The van der Waals surface area contributed by atoms with E-state index in [4.69, 9.17) is 32.7 Å². The Morgan fingerprint density at radius 2 is 1.84 bits per heavy atom. The maximum Gasteiger partial charge on any atom is 0.161 e. The molecule has 0 radical (unpaired) electrons. The highest BCUT2D eigenvalue weighted by Gasteiger charge is 2.39. The van der Waals surface area contributed by atoms with Crippen molar-refractivity contribution in [3.63, 3.8) is 0 Å². The number of anilines is 1. The number of fused-ring (bicyclic) bond motifs is 3. The molecule has 0 aromatic heterocycles. The number of benzene rings is 2. The zero-order chi connectivity index (χ0) is 17.6. The van der Waals surface area contributed by atoms with Crippen LogP contribution in [-0.2, 0) is 0 Å². The molecule has 2 aromatic carbocycles. The third-order valence-corrected chi connectivity index (χ3v) is 6.00. The van der Waals surface area contributed by atoms with Crippen LogP contribution in [0.2, 0.25) is 10.0 Å². The lowest BCUT2D eigenvalue weighted by atomic mass is 9.77. The van der Waals surface area contributed by atoms with Gasteiger partial charge in [0.1, 0.15) is 0 Å². The van der Waals surface area contributed by atoms with E-state index in [-0.39, 0.29) is 6.04 Å². The van der Waals surface area contributed by atoms with E-state index in [2.05, 4.69) is 29.6 Å². The molecule has 1 aliphatic carbocycles. The largest absolute Gasteiger partial charge is 0.493 e. The monoisotopic (exact) mass is 375 g/mol. The molecule has 0 amide bonds. The lowest BCUT2D eigenvalue weighted by molar-refractivity contribution is 0.353. The summed E-state index contributed by atoms with van der Waals surface area (Å²) in [5.41, 5.74) is 3.30. The third kappa shape index (κ3) is 2.66. The summed E-state index contributed by atoms with van der Waals surface area (Å²) in [6, 6.07) is 10.2. The number of nitrogens with one attached hydrogen (secondary N) is 1. The number of halogens is 2. The second-order valence-electron chi connectivity index (χ2n) is 6.42. The molecule has 0 fully saturated rings. The molecule has 1 heterocycles. The van der Waals surface area contributed by atoms with Gasteiger partial charge in [-0.1, -0.05) is 47.5 Å². The number of rotatable bonds is 3. The third-order valence-electron chi connectivity index (χ3n) is 5.19. The summed E-state index contributed by atoms with van der Waals surface area (Å²) in [7, 11) is 3.30. The van der Waals surface area contributed by atoms with Gasteiger partial charge in [-0.2, -0.15) is 0 Å². The number of methoxy groups -OCH3 is 2. The molecule has 2 aromatic rings. The summed E-state index contributed by atoms with van der Waals surface area (Å²) in [6.07, 6.45) is 5.56. The van der Waals surface area contributed by atoms with Crippen molar-refractivity contribution in [1.82, 2.24) is 0 Å². The topological polar surface area (TPSA) is 30.5 Å². The average molecular weight is 376 g/mol. The van der Waals surface area contributed by atoms with Gasteiger partial charge in [0.2, 0.25) is 0 Å². The van der Waals surface area contributed by atoms with Crippen LogP contribution in [0.25, 0.3) is 0 Å². The van der Waals surface area contributed by atoms with Crippen molar-refractivity contribution in [1.29, 1.82) is 0 Å². The Hall–Kier alpha value is -1.84. The molecule has 3 nitrogen and oxygen atoms in total. The van der Waals surface area contributed by atoms with Gasteiger partial charge < -0.3 is 14.8 Å². The van der Waals surface area contributed by atoms with E-state index < -0.39 is 0 Å². The van der Waals surface area contributed by atoms with E-state index in [1.165, 1.54) is 5.56 Å². The Bertz CT molecular complexity index is 850. The van der Waals surface area contributed by atoms with Crippen LogP contribution in [0.15, 0.2) is 42.5 Å². The minimum absolute atomic E-state index is 0.128. The fourth-order valence-corrected chi connectivity index (χ4v) is 4.36. The number of ether oxygens (including phenoxy) is 2. The summed E-state index contributed by atoms with van der Waals surface area (Å²) < 4.78 is 10.8. The average Bonchev–Trinajstić information content (AvgIpc) is 3.13. The maximum atomic E-state index is 6.50. The van der Waals surface area contributed by atoms with Crippen molar-refractivity contribution in [2.24, 2.45) is 5.92 Å². The Kier molecular flexibility index (Phi) is 4.30. The van der Waals surface area contributed by atoms with E-state index in [9.17, 15) is 0 Å². The summed E-state index contributed by atoms with van der Waals surface area (Å²) in [4.78, 5) is 0. The lowest BCUT2D eigenvalue weighted by Gasteiger charge is -2.38. The highest BCUT2D eigenvalue weighted by Crippen LogP contribution is 2.53. The van der Waals surface area contributed by atoms with Crippen LogP contribution in [0.5, 0.6) is 11.5 Å². The molecule has 2 aliphatic rings. The first-order valence-electron chi connectivity index (χ1n) is 8.27. The van der Waals surface area contributed by atoms with E-state index in [1.54, 1.807) is 14.2 Å². The highest BCUT2D eigenvalue weighted by molar-refractivity contribution is 6.43. The van der Waals surface area contributed by atoms with Crippen molar-refractivity contribution in [3.8, 4) is 11.5 Å². The van der Waals surface area contributed by atoms with Gasteiger partial charge in [-0.3, -0.25) is 0 Å². The van der Waals surface area contributed by atoms with Crippen LogP contribution in [0, 0.1) is 5.92 Å². The number of allylic oxidation sites excluding steroid dienone is 2. The number of hydrogen-bond acceptors (Lipinski definition) is 3. The molecule has 130 valence electrons. The Morgan fingerprint density at radius 1 is 1.04 bits per heavy atom. The quantitative estimate of drug-likeness (QED) is 0.683. The normalized spacial score (nSPS) is 23.6. The lowest BCUT2D eigenvalue weighted by Crippen LogP contribution is -2.29. The summed E-state index contributed by atoms with van der Waals surface area (Å²) in [6.45, 7) is 0. The molecule has 0 bridgehead atoms. The van der Waals surface area contributed by atoms with Crippen molar-refractivity contribution in [3.05, 3.63) is 63.7 Å². The molecule has 1 aliphatic heterocycles. The van der Waals surface area contributed by atoms with E-state index in [1.807, 2.05) is 18.2 Å². The minimum Gasteiger partial charge on any atom is -0.493 e. The fourth-order valence-electron chi connectivity index (χ4n) is 3.98. The van der Waals surface area contributed by atoms with Crippen LogP contribution in [0.4, 0.5) is 5.69 Å². The molecule has 0 saturated heterocycles. The summed E-state index contributed by atoms with van der Waals surface area (Å²) in [5.74, 6) is 2.23. The molecule has 4 rings (SSSR count).